The van der Waals surface area contributed by atoms with Crippen LogP contribution in [-0.4, -0.2) is 10.0 Å². The van der Waals surface area contributed by atoms with Gasteiger partial charge in [0.1, 0.15) is 0 Å². The average Bonchev–Trinajstić information content (AvgIpc) is 2.79. The Bertz CT molecular complexity index is 732. The van der Waals surface area contributed by atoms with E-state index in [1.165, 1.54) is 5.39 Å². The summed E-state index contributed by atoms with van der Waals surface area (Å²) in [7, 11) is 6.27. The van der Waals surface area contributed by atoms with Gasteiger partial charge in [-0.1, -0.05) is 45.6 Å². The van der Waals surface area contributed by atoms with E-state index in [-0.39, 0.29) is 0 Å². The molecule has 3 rings (SSSR count). The van der Waals surface area contributed by atoms with Crippen LogP contribution in [0.3, 0.4) is 0 Å². The van der Waals surface area contributed by atoms with E-state index >= 15 is 0 Å². The molecule has 0 spiro atoms. The molecule has 0 saturated carbocycles. The Morgan fingerprint density at radius 1 is 1.00 bits per heavy atom. The predicted molar refractivity (Wildman–Crippen MR) is 90.2 cm³/mol. The molecule has 1 aromatic heterocycles. The third kappa shape index (κ3) is 2.42. The summed E-state index contributed by atoms with van der Waals surface area (Å²) in [6, 6.07) is 18.4. The smallest absolute Gasteiger partial charge is 0.0743 e. The van der Waals surface area contributed by atoms with Crippen LogP contribution in [0.25, 0.3) is 10.9 Å². The molecule has 0 bridgehead atoms. The van der Waals surface area contributed by atoms with Gasteiger partial charge >= 0.3 is 0 Å². The normalized spacial score (nSPS) is 10.6. The molecule has 0 aliphatic rings. The zero-order valence-corrected chi connectivity index (χ0v) is 12.4. The molecule has 0 saturated heterocycles. The van der Waals surface area contributed by atoms with Gasteiger partial charge in [-0.05, 0) is 18.2 Å². The van der Waals surface area contributed by atoms with Gasteiger partial charge in [0.2, 0.25) is 0 Å². The zero-order chi connectivity index (χ0) is 13.2. The molecule has 1 atom stereocenters. The maximum atomic E-state index is 3.59. The number of fused-ring (bicyclic) bond motifs is 1. The first-order chi connectivity index (χ1) is 9.25. The number of para-hydroxylation sites is 2. The van der Waals surface area contributed by atoms with Gasteiger partial charge in [-0.25, -0.2) is 0 Å². The summed E-state index contributed by atoms with van der Waals surface area (Å²) >= 11 is 0. The van der Waals surface area contributed by atoms with E-state index in [0.717, 1.165) is 27.6 Å². The molecule has 2 N–H and O–H groups in total. The summed E-state index contributed by atoms with van der Waals surface area (Å²) in [5.41, 5.74) is 4.33. The van der Waals surface area contributed by atoms with Crippen molar-refractivity contribution < 1.29 is 0 Å². The highest BCUT2D eigenvalue weighted by atomic mass is 31.1. The number of H-pyrrole nitrogens is 1. The van der Waals surface area contributed by atoms with Gasteiger partial charge in [0, 0.05) is 21.6 Å². The third-order valence-corrected chi connectivity index (χ3v) is 3.56. The molecule has 19 heavy (non-hydrogen) atoms. The van der Waals surface area contributed by atoms with Crippen molar-refractivity contribution in [3.63, 3.8) is 0 Å². The van der Waals surface area contributed by atoms with Crippen LogP contribution in [0.15, 0.2) is 54.6 Å². The lowest BCUT2D eigenvalue weighted by Crippen LogP contribution is -1.95. The van der Waals surface area contributed by atoms with Crippen LogP contribution in [0.2, 0.25) is 0 Å². The van der Waals surface area contributed by atoms with E-state index in [0.29, 0.717) is 0 Å². The van der Waals surface area contributed by atoms with Crippen molar-refractivity contribution in [2.24, 2.45) is 0 Å². The lowest BCUT2D eigenvalue weighted by molar-refractivity contribution is 1.44. The van der Waals surface area contributed by atoms with E-state index in [4.69, 9.17) is 0 Å². The maximum absolute atomic E-state index is 3.59. The summed E-state index contributed by atoms with van der Waals surface area (Å²) in [5.74, 6) is 0. The van der Waals surface area contributed by atoms with Gasteiger partial charge < -0.3 is 10.3 Å². The summed E-state index contributed by atoms with van der Waals surface area (Å²) in [5, 5.41) is 5.66. The molecule has 3 aromatic rings. The van der Waals surface area contributed by atoms with Crippen molar-refractivity contribution in [3.05, 3.63) is 60.3 Å². The fourth-order valence-electron chi connectivity index (χ4n) is 2.14. The molecule has 0 aliphatic carbocycles. The van der Waals surface area contributed by atoms with Crippen molar-refractivity contribution >= 4 is 45.4 Å². The minimum atomic E-state index is 0.995. The lowest BCUT2D eigenvalue weighted by Gasteiger charge is -2.08. The van der Waals surface area contributed by atoms with Gasteiger partial charge in [-0.15, -0.1) is 8.86 Å². The Hall–Kier alpha value is -1.62. The quantitative estimate of drug-likeness (QED) is 0.685. The third-order valence-electron chi connectivity index (χ3n) is 3.02. The SMILES string of the molecule is P=C(P)c1[nH]c2ccccc2c1Nc1ccccc1. The number of aromatic nitrogens is 1. The molecule has 0 fully saturated rings. The van der Waals surface area contributed by atoms with E-state index in [9.17, 15) is 0 Å². The summed E-state index contributed by atoms with van der Waals surface area (Å²) in [6.07, 6.45) is 0. The van der Waals surface area contributed by atoms with Crippen LogP contribution in [0.4, 0.5) is 11.4 Å². The van der Waals surface area contributed by atoms with Crippen LogP contribution in [-0.2, 0) is 0 Å². The highest BCUT2D eigenvalue weighted by Gasteiger charge is 2.11. The van der Waals surface area contributed by atoms with Gasteiger partial charge in [0.25, 0.3) is 0 Å². The second-order valence-electron chi connectivity index (χ2n) is 4.33. The first-order valence-electron chi connectivity index (χ1n) is 6.03. The zero-order valence-electron chi connectivity index (χ0n) is 10.3. The minimum Gasteiger partial charge on any atom is -0.353 e. The van der Waals surface area contributed by atoms with Crippen LogP contribution >= 0.6 is 18.1 Å². The van der Waals surface area contributed by atoms with Crippen molar-refractivity contribution in [2.75, 3.05) is 5.32 Å². The molecule has 0 radical (unpaired) electrons. The predicted octanol–water partition coefficient (Wildman–Crippen LogP) is 4.41. The molecule has 94 valence electrons. The van der Waals surface area contributed by atoms with Crippen LogP contribution in [0, 0.1) is 0 Å². The molecule has 0 aliphatic heterocycles. The summed E-state index contributed by atoms with van der Waals surface area (Å²) < 4.78 is 0. The van der Waals surface area contributed by atoms with E-state index in [1.54, 1.807) is 0 Å². The number of benzene rings is 2. The monoisotopic (exact) mass is 284 g/mol. The Morgan fingerprint density at radius 3 is 2.42 bits per heavy atom. The number of nitrogens with one attached hydrogen (secondary N) is 2. The van der Waals surface area contributed by atoms with E-state index < -0.39 is 0 Å². The summed E-state index contributed by atoms with van der Waals surface area (Å²) in [6.45, 7) is 0. The average molecular weight is 284 g/mol. The van der Waals surface area contributed by atoms with Gasteiger partial charge in [0.15, 0.2) is 0 Å². The van der Waals surface area contributed by atoms with E-state index in [1.807, 2.05) is 30.3 Å². The fraction of sp³-hybridized carbons (Fsp3) is 0. The maximum Gasteiger partial charge on any atom is 0.0743 e. The summed E-state index contributed by atoms with van der Waals surface area (Å²) in [4.78, 5) is 3.41. The van der Waals surface area contributed by atoms with Crippen LogP contribution < -0.4 is 5.32 Å². The molecule has 2 nitrogen and oxygen atoms in total. The first-order valence-corrected chi connectivity index (χ1v) is 7.10. The first kappa shape index (κ1) is 12.4. The molecule has 1 heterocycles. The molecular weight excluding hydrogens is 270 g/mol. The van der Waals surface area contributed by atoms with Gasteiger partial charge in [0.05, 0.1) is 11.4 Å². The highest BCUT2D eigenvalue weighted by molar-refractivity contribution is 7.57. The highest BCUT2D eigenvalue weighted by Crippen LogP contribution is 2.32. The van der Waals surface area contributed by atoms with E-state index in [2.05, 4.69) is 52.7 Å². The molecule has 0 amide bonds. The Labute approximate surface area is 116 Å². The number of anilines is 2. The standard InChI is InChI=1S/C15H14N2P2/c18-15(19)14-13(16-10-6-2-1-3-7-10)11-8-4-5-9-12(11)17-14/h1-9,16-18H,19H2. The molecule has 2 aromatic carbocycles. The van der Waals surface area contributed by atoms with Crippen molar-refractivity contribution in [1.29, 1.82) is 0 Å². The minimum absolute atomic E-state index is 0.995. The van der Waals surface area contributed by atoms with Gasteiger partial charge in [-0.3, -0.25) is 0 Å². The van der Waals surface area contributed by atoms with Crippen molar-refractivity contribution in [1.82, 2.24) is 4.98 Å². The van der Waals surface area contributed by atoms with Crippen molar-refractivity contribution in [3.8, 4) is 0 Å². The molecular formula is C15H14N2P2. The topological polar surface area (TPSA) is 27.8 Å². The molecule has 1 unspecified atom stereocenters. The number of hydrogen-bond acceptors (Lipinski definition) is 1. The number of hydrogen-bond donors (Lipinski definition) is 2. The largest absolute Gasteiger partial charge is 0.353 e. The number of aromatic amines is 1. The van der Waals surface area contributed by atoms with Gasteiger partial charge in [-0.2, -0.15) is 0 Å². The Kier molecular flexibility index (Phi) is 3.38. The van der Waals surface area contributed by atoms with Crippen molar-refractivity contribution in [2.45, 2.75) is 0 Å². The van der Waals surface area contributed by atoms with Crippen LogP contribution in [0.5, 0.6) is 0 Å². The second-order valence-corrected chi connectivity index (χ2v) is 6.02. The fourth-order valence-corrected chi connectivity index (χ4v) is 2.54. The lowest BCUT2D eigenvalue weighted by atomic mass is 10.2. The number of rotatable bonds is 3. The Balaban J connectivity index is 2.15. The van der Waals surface area contributed by atoms with Crippen LogP contribution in [0.1, 0.15) is 5.69 Å². The second kappa shape index (κ2) is 5.17. The Morgan fingerprint density at radius 2 is 1.68 bits per heavy atom. The molecule has 4 heteroatoms.